The van der Waals surface area contributed by atoms with E-state index in [1.165, 1.54) is 0 Å². The summed E-state index contributed by atoms with van der Waals surface area (Å²) in [6.07, 6.45) is 0. The summed E-state index contributed by atoms with van der Waals surface area (Å²) in [5.41, 5.74) is 1.32. The second-order valence-corrected chi connectivity index (χ2v) is 6.51. The van der Waals surface area contributed by atoms with E-state index in [1.54, 1.807) is 37.3 Å². The molecule has 1 heterocycles. The second kappa shape index (κ2) is 8.56. The third-order valence-corrected chi connectivity index (χ3v) is 4.29. The van der Waals surface area contributed by atoms with Crippen LogP contribution in [0.3, 0.4) is 0 Å². The van der Waals surface area contributed by atoms with E-state index in [1.807, 2.05) is 44.2 Å². The Labute approximate surface area is 163 Å². The highest BCUT2D eigenvalue weighted by Crippen LogP contribution is 2.25. The summed E-state index contributed by atoms with van der Waals surface area (Å²) in [6.45, 7) is 4.07. The van der Waals surface area contributed by atoms with Crippen molar-refractivity contribution in [3.63, 3.8) is 0 Å². The smallest absolute Gasteiger partial charge is 0.254 e. The molecule has 0 saturated heterocycles. The number of methoxy groups -OCH3 is 2. The van der Waals surface area contributed by atoms with Crippen LogP contribution in [0.4, 0.5) is 0 Å². The van der Waals surface area contributed by atoms with E-state index in [2.05, 4.69) is 10.1 Å². The molecule has 0 atom stereocenters. The Morgan fingerprint density at radius 3 is 2.29 bits per heavy atom. The van der Waals surface area contributed by atoms with Crippen molar-refractivity contribution in [3.8, 4) is 22.9 Å². The molecule has 0 aliphatic rings. The van der Waals surface area contributed by atoms with Gasteiger partial charge < -0.3 is 18.9 Å². The fourth-order valence-electron chi connectivity index (χ4n) is 2.75. The molecule has 28 heavy (non-hydrogen) atoms. The lowest BCUT2D eigenvalue weighted by Gasteiger charge is -2.25. The van der Waals surface area contributed by atoms with Crippen LogP contribution < -0.4 is 9.47 Å². The molecular weight excluding hydrogens is 358 g/mol. The van der Waals surface area contributed by atoms with E-state index >= 15 is 0 Å². The molecule has 146 valence electrons. The molecule has 1 amide bonds. The number of rotatable bonds is 7. The molecule has 7 heteroatoms. The number of benzene rings is 2. The van der Waals surface area contributed by atoms with Gasteiger partial charge in [-0.15, -0.1) is 0 Å². The topological polar surface area (TPSA) is 77.7 Å². The van der Waals surface area contributed by atoms with E-state index in [0.29, 0.717) is 28.8 Å². The van der Waals surface area contributed by atoms with Gasteiger partial charge in [-0.25, -0.2) is 0 Å². The maximum atomic E-state index is 13.1. The summed E-state index contributed by atoms with van der Waals surface area (Å²) in [5.74, 6) is 1.79. The van der Waals surface area contributed by atoms with E-state index < -0.39 is 0 Å². The molecule has 3 aromatic rings. The minimum atomic E-state index is -0.174. The quantitative estimate of drug-likeness (QED) is 0.619. The van der Waals surface area contributed by atoms with Gasteiger partial charge in [-0.1, -0.05) is 35.5 Å². The fourth-order valence-corrected chi connectivity index (χ4v) is 2.75. The molecule has 0 aliphatic carbocycles. The van der Waals surface area contributed by atoms with Gasteiger partial charge in [-0.2, -0.15) is 4.98 Å². The van der Waals surface area contributed by atoms with Crippen molar-refractivity contribution in [2.75, 3.05) is 14.2 Å². The zero-order valence-electron chi connectivity index (χ0n) is 16.4. The third kappa shape index (κ3) is 4.31. The summed E-state index contributed by atoms with van der Waals surface area (Å²) >= 11 is 0. The van der Waals surface area contributed by atoms with Gasteiger partial charge >= 0.3 is 0 Å². The molecule has 3 rings (SSSR count). The molecule has 0 fully saturated rings. The third-order valence-electron chi connectivity index (χ3n) is 4.29. The van der Waals surface area contributed by atoms with Crippen molar-refractivity contribution >= 4 is 5.91 Å². The van der Waals surface area contributed by atoms with Crippen molar-refractivity contribution < 1.29 is 18.8 Å². The van der Waals surface area contributed by atoms with Gasteiger partial charge in [-0.3, -0.25) is 4.79 Å². The second-order valence-electron chi connectivity index (χ2n) is 6.51. The molecule has 0 radical (unpaired) electrons. The Morgan fingerprint density at radius 1 is 1.07 bits per heavy atom. The molecule has 0 spiro atoms. The lowest BCUT2D eigenvalue weighted by atomic mass is 10.1. The Bertz CT molecular complexity index is 916. The maximum absolute atomic E-state index is 13.1. The monoisotopic (exact) mass is 381 g/mol. The van der Waals surface area contributed by atoms with Crippen LogP contribution in [-0.4, -0.2) is 41.2 Å². The van der Waals surface area contributed by atoms with Crippen molar-refractivity contribution in [2.45, 2.75) is 26.4 Å². The number of hydrogen-bond donors (Lipinski definition) is 0. The number of ether oxygens (including phenoxy) is 2. The summed E-state index contributed by atoms with van der Waals surface area (Å²) in [5, 5.41) is 4.02. The summed E-state index contributed by atoms with van der Waals surface area (Å²) in [7, 11) is 3.10. The largest absolute Gasteiger partial charge is 0.497 e. The van der Waals surface area contributed by atoms with Gasteiger partial charge in [0, 0.05) is 23.2 Å². The molecule has 0 N–H and O–H groups in total. The van der Waals surface area contributed by atoms with Crippen molar-refractivity contribution in [1.82, 2.24) is 15.0 Å². The van der Waals surface area contributed by atoms with Crippen LogP contribution >= 0.6 is 0 Å². The molecule has 2 aromatic carbocycles. The van der Waals surface area contributed by atoms with Crippen molar-refractivity contribution in [2.24, 2.45) is 0 Å². The van der Waals surface area contributed by atoms with Crippen LogP contribution in [0, 0.1) is 0 Å². The number of nitrogens with zero attached hydrogens (tertiary/aromatic N) is 3. The van der Waals surface area contributed by atoms with Crippen LogP contribution in [0.5, 0.6) is 11.5 Å². The number of carbonyl (C=O) groups is 1. The molecule has 0 unspecified atom stereocenters. The first-order valence-electron chi connectivity index (χ1n) is 8.94. The van der Waals surface area contributed by atoms with E-state index in [0.717, 1.165) is 5.56 Å². The Balaban J connectivity index is 1.84. The Kier molecular flexibility index (Phi) is 5.93. The van der Waals surface area contributed by atoms with Gasteiger partial charge in [0.1, 0.15) is 18.0 Å². The zero-order valence-corrected chi connectivity index (χ0v) is 16.4. The molecule has 0 bridgehead atoms. The predicted molar refractivity (Wildman–Crippen MR) is 104 cm³/mol. The summed E-state index contributed by atoms with van der Waals surface area (Å²) in [4.78, 5) is 19.2. The van der Waals surface area contributed by atoms with Crippen molar-refractivity contribution in [1.29, 1.82) is 0 Å². The van der Waals surface area contributed by atoms with Crippen LogP contribution in [0.1, 0.15) is 30.1 Å². The van der Waals surface area contributed by atoms with Crippen LogP contribution in [0.2, 0.25) is 0 Å². The van der Waals surface area contributed by atoms with Gasteiger partial charge in [0.25, 0.3) is 5.91 Å². The average molecular weight is 381 g/mol. The molecular formula is C21H23N3O4. The number of aromatic nitrogens is 2. The first-order chi connectivity index (χ1) is 13.5. The lowest BCUT2D eigenvalue weighted by molar-refractivity contribution is 0.0666. The van der Waals surface area contributed by atoms with E-state index in [-0.39, 0.29) is 18.5 Å². The highest BCUT2D eigenvalue weighted by Gasteiger charge is 2.23. The number of carbonyl (C=O) groups excluding carboxylic acids is 1. The van der Waals surface area contributed by atoms with E-state index in [9.17, 15) is 4.79 Å². The lowest BCUT2D eigenvalue weighted by Crippen LogP contribution is -2.36. The van der Waals surface area contributed by atoms with Crippen molar-refractivity contribution in [3.05, 3.63) is 60.0 Å². The summed E-state index contributed by atoms with van der Waals surface area (Å²) in [6, 6.07) is 14.6. The Hall–Kier alpha value is -3.35. The van der Waals surface area contributed by atoms with Gasteiger partial charge in [-0.05, 0) is 26.0 Å². The average Bonchev–Trinajstić information content (AvgIpc) is 3.20. The van der Waals surface area contributed by atoms with Crippen LogP contribution in [-0.2, 0) is 6.54 Å². The normalized spacial score (nSPS) is 10.8. The summed E-state index contributed by atoms with van der Waals surface area (Å²) < 4.78 is 15.9. The standard InChI is InChI=1S/C21H23N3O4/c1-14(2)24(21(25)16-10-17(26-3)12-18(11-16)27-4)13-19-22-20(23-28-19)15-8-6-5-7-9-15/h5-12,14H,13H2,1-4H3. The first kappa shape index (κ1) is 19.4. The van der Waals surface area contributed by atoms with Gasteiger partial charge in [0.2, 0.25) is 11.7 Å². The minimum absolute atomic E-state index is 0.0724. The SMILES string of the molecule is COc1cc(OC)cc(C(=O)N(Cc2nc(-c3ccccc3)no2)C(C)C)c1. The zero-order chi connectivity index (χ0) is 20.1. The van der Waals surface area contributed by atoms with Gasteiger partial charge in [0.15, 0.2) is 0 Å². The highest BCUT2D eigenvalue weighted by molar-refractivity contribution is 5.95. The highest BCUT2D eigenvalue weighted by atomic mass is 16.5. The van der Waals surface area contributed by atoms with Gasteiger partial charge in [0.05, 0.1) is 14.2 Å². The van der Waals surface area contributed by atoms with E-state index in [4.69, 9.17) is 14.0 Å². The van der Waals surface area contributed by atoms with Crippen LogP contribution in [0.25, 0.3) is 11.4 Å². The minimum Gasteiger partial charge on any atom is -0.497 e. The fraction of sp³-hybridized carbons (Fsp3) is 0.286. The first-order valence-corrected chi connectivity index (χ1v) is 8.94. The Morgan fingerprint density at radius 2 is 1.71 bits per heavy atom. The molecule has 1 aromatic heterocycles. The number of hydrogen-bond acceptors (Lipinski definition) is 6. The van der Waals surface area contributed by atoms with Crippen LogP contribution in [0.15, 0.2) is 53.1 Å². The predicted octanol–water partition coefficient (Wildman–Crippen LogP) is 3.80. The maximum Gasteiger partial charge on any atom is 0.254 e. The molecule has 0 saturated carbocycles. The number of amides is 1. The molecule has 0 aliphatic heterocycles. The molecule has 7 nitrogen and oxygen atoms in total.